The zero-order valence-electron chi connectivity index (χ0n) is 3.29. The van der Waals surface area contributed by atoms with Crippen molar-refractivity contribution in [3.63, 3.8) is 0 Å². The normalized spacial score (nSPS) is 16.0. The van der Waals surface area contributed by atoms with Crippen molar-refractivity contribution in [3.05, 3.63) is 11.0 Å². The number of hydrogen-bond donors (Lipinski definition) is 0. The fourth-order valence-corrected chi connectivity index (χ4v) is 0.772. The summed E-state index contributed by atoms with van der Waals surface area (Å²) in [5.41, 5.74) is 0. The van der Waals surface area contributed by atoms with Crippen molar-refractivity contribution < 1.29 is 3.89 Å². The van der Waals surface area contributed by atoms with E-state index in [-0.39, 0.29) is 15.6 Å². The van der Waals surface area contributed by atoms with E-state index in [1.807, 2.05) is 11.0 Å². The van der Waals surface area contributed by atoms with Gasteiger partial charge in [-0.15, -0.1) is 10.1 Å². The highest BCUT2D eigenvalue weighted by molar-refractivity contribution is 6.35. The molecule has 0 fully saturated rings. The van der Waals surface area contributed by atoms with Crippen LogP contribution in [0.4, 0.5) is 0 Å². The fourth-order valence-electron chi connectivity index (χ4n) is 0.281. The first-order chi connectivity index (χ1) is 3.00. The molecule has 3 heteroatoms. The third-order valence-corrected chi connectivity index (χ3v) is 1.29. The molecule has 0 aliphatic carbocycles. The van der Waals surface area contributed by atoms with Crippen molar-refractivity contribution in [2.24, 2.45) is 5.16 Å². The van der Waals surface area contributed by atoms with Crippen molar-refractivity contribution in [2.75, 3.05) is 0 Å². The van der Waals surface area contributed by atoms with E-state index in [2.05, 4.69) is 5.16 Å². The van der Waals surface area contributed by atoms with Gasteiger partial charge in [-0.2, -0.15) is 0 Å². The monoisotopic (exact) mass is 97.0 g/mol. The molecule has 0 aromatic carbocycles. The van der Waals surface area contributed by atoms with Crippen LogP contribution in [0.1, 0.15) is 0 Å². The van der Waals surface area contributed by atoms with Gasteiger partial charge in [0, 0.05) is 0 Å². The summed E-state index contributed by atoms with van der Waals surface area (Å²) < 4.78 is 4.69. The minimum absolute atomic E-state index is 0.370. The van der Waals surface area contributed by atoms with Crippen molar-refractivity contribution in [1.82, 2.24) is 0 Å². The molecule has 30 valence electrons. The number of nitrogens with zero attached hydrogens (tertiary/aromatic N) is 1. The van der Waals surface area contributed by atoms with Gasteiger partial charge in [-0.25, -0.2) is 0 Å². The highest BCUT2D eigenvalue weighted by Gasteiger charge is 1.87. The van der Waals surface area contributed by atoms with Gasteiger partial charge in [0.2, 0.25) is 0 Å². The van der Waals surface area contributed by atoms with Gasteiger partial charge >= 0.3 is 15.6 Å². The van der Waals surface area contributed by atoms with Crippen LogP contribution in [0, 0.1) is 0 Å². The molecule has 0 aromatic rings. The largest absolute Gasteiger partial charge is 0.586 e. The summed E-state index contributed by atoms with van der Waals surface area (Å²) in [6, 6.07) is 0. The van der Waals surface area contributed by atoms with E-state index < -0.39 is 0 Å². The zero-order valence-corrected chi connectivity index (χ0v) is 4.71. The van der Waals surface area contributed by atoms with Crippen LogP contribution in [0.15, 0.2) is 16.2 Å². The summed E-state index contributed by atoms with van der Waals surface area (Å²) in [6.45, 7) is 0. The van der Waals surface area contributed by atoms with E-state index in [9.17, 15) is 0 Å². The molecule has 1 rings (SSSR count). The average molecular weight is 97.1 g/mol. The Morgan fingerprint density at radius 2 is 2.67 bits per heavy atom. The zero-order chi connectivity index (χ0) is 4.24. The number of oxime groups is 1. The Morgan fingerprint density at radius 3 is 2.83 bits per heavy atom. The molecule has 0 aromatic heterocycles. The SMILES string of the molecule is C1=[CH][AlH][O]N=C1. The second kappa shape index (κ2) is 2.01. The van der Waals surface area contributed by atoms with Crippen LogP contribution >= 0.6 is 0 Å². The van der Waals surface area contributed by atoms with E-state index in [0.29, 0.717) is 0 Å². The average Bonchev–Trinajstić information content (AvgIpc) is 1.72. The van der Waals surface area contributed by atoms with E-state index in [4.69, 9.17) is 3.89 Å². The summed E-state index contributed by atoms with van der Waals surface area (Å²) in [4.78, 5) is 2.03. The first-order valence-electron chi connectivity index (χ1n) is 1.80. The maximum absolute atomic E-state index is 4.69. The third kappa shape index (κ3) is 0.854. The van der Waals surface area contributed by atoms with Crippen LogP contribution in [-0.4, -0.2) is 21.8 Å². The number of allylic oxidation sites excluding steroid dienone is 1. The van der Waals surface area contributed by atoms with Gasteiger partial charge in [-0.3, -0.25) is 0 Å². The molecule has 0 radical (unpaired) electrons. The molecule has 0 saturated heterocycles. The predicted molar refractivity (Wildman–Crippen MR) is 25.9 cm³/mol. The van der Waals surface area contributed by atoms with Crippen molar-refractivity contribution in [2.45, 2.75) is 0 Å². The first kappa shape index (κ1) is 3.92. The fraction of sp³-hybridized carbons (Fsp3) is 0. The standard InChI is InChI=1S/C3H4NO.Al.H/c1-2-3-4-5;;/h1-3,5H;;/q;+1;/p-1. The lowest BCUT2D eigenvalue weighted by atomic mass is 10.7. The lowest BCUT2D eigenvalue weighted by molar-refractivity contribution is 0.370. The third-order valence-electron chi connectivity index (χ3n) is 0.528. The minimum atomic E-state index is -0.370. The molecule has 1 aliphatic heterocycles. The molecule has 0 N–H and O–H groups in total. The molecular weight excluding hydrogens is 93.0 g/mol. The Labute approximate surface area is 42.5 Å². The summed E-state index contributed by atoms with van der Waals surface area (Å²) in [5, 5.41) is 3.53. The highest BCUT2D eigenvalue weighted by Crippen LogP contribution is 1.78. The van der Waals surface area contributed by atoms with E-state index in [1.54, 1.807) is 6.21 Å². The second-order valence-electron chi connectivity index (χ2n) is 0.978. The smallest absolute Gasteiger partial charge is 0.543 e. The van der Waals surface area contributed by atoms with Crippen LogP contribution in [-0.2, 0) is 3.89 Å². The van der Waals surface area contributed by atoms with Crippen LogP contribution in [0.2, 0.25) is 0 Å². The Balaban J connectivity index is 2.46. The van der Waals surface area contributed by atoms with E-state index in [1.165, 1.54) is 0 Å². The minimum Gasteiger partial charge on any atom is -0.543 e. The Bertz CT molecular complexity index is 76.8. The number of hydrogen-bond acceptors (Lipinski definition) is 2. The molecule has 0 saturated carbocycles. The number of rotatable bonds is 0. The van der Waals surface area contributed by atoms with Gasteiger partial charge in [0.15, 0.2) is 0 Å². The Kier molecular flexibility index (Phi) is 1.31. The lowest BCUT2D eigenvalue weighted by Gasteiger charge is -1.91. The summed E-state index contributed by atoms with van der Waals surface area (Å²) >= 11 is -0.370. The van der Waals surface area contributed by atoms with Gasteiger partial charge in [-0.05, 0) is 0 Å². The van der Waals surface area contributed by atoms with Crippen LogP contribution < -0.4 is 0 Å². The van der Waals surface area contributed by atoms with Gasteiger partial charge in [0.25, 0.3) is 0 Å². The molecule has 0 atom stereocenters. The van der Waals surface area contributed by atoms with E-state index in [0.717, 1.165) is 0 Å². The van der Waals surface area contributed by atoms with Gasteiger partial charge < -0.3 is 3.89 Å². The quantitative estimate of drug-likeness (QED) is 0.386. The van der Waals surface area contributed by atoms with Crippen molar-refractivity contribution in [3.8, 4) is 0 Å². The van der Waals surface area contributed by atoms with Gasteiger partial charge in [0.05, 0.1) is 6.21 Å². The lowest BCUT2D eigenvalue weighted by Crippen LogP contribution is -1.91. The van der Waals surface area contributed by atoms with E-state index >= 15 is 0 Å². The van der Waals surface area contributed by atoms with Crippen molar-refractivity contribution in [1.29, 1.82) is 0 Å². The van der Waals surface area contributed by atoms with Gasteiger partial charge in [0.1, 0.15) is 0 Å². The summed E-state index contributed by atoms with van der Waals surface area (Å²) in [5.74, 6) is 0. The summed E-state index contributed by atoms with van der Waals surface area (Å²) in [6.07, 6.45) is 3.56. The maximum Gasteiger partial charge on any atom is 0.586 e. The summed E-state index contributed by atoms with van der Waals surface area (Å²) in [7, 11) is 0. The van der Waals surface area contributed by atoms with Crippen LogP contribution in [0.25, 0.3) is 0 Å². The van der Waals surface area contributed by atoms with Crippen LogP contribution in [0.3, 0.4) is 0 Å². The van der Waals surface area contributed by atoms with Crippen LogP contribution in [0.5, 0.6) is 0 Å². The molecule has 1 heterocycles. The molecule has 1 aliphatic rings. The second-order valence-corrected chi connectivity index (χ2v) is 2.04. The topological polar surface area (TPSA) is 21.6 Å². The Hall–Kier alpha value is -0.258. The molecule has 6 heavy (non-hydrogen) atoms. The molecular formula is C3H4AlNO. The molecule has 0 spiro atoms. The molecule has 0 amide bonds. The highest BCUT2D eigenvalue weighted by atomic mass is 27.1. The van der Waals surface area contributed by atoms with Crippen molar-refractivity contribution >= 4 is 21.8 Å². The van der Waals surface area contributed by atoms with Gasteiger partial charge in [-0.1, -0.05) is 6.08 Å². The molecule has 0 unspecified atom stereocenters. The maximum atomic E-state index is 4.69. The molecule has 0 bridgehead atoms. The predicted octanol–water partition coefficient (Wildman–Crippen LogP) is -0.132. The Morgan fingerprint density at radius 1 is 1.67 bits per heavy atom. The first-order valence-corrected chi connectivity index (χ1v) is 3.20. The molecule has 2 nitrogen and oxygen atoms in total.